The van der Waals surface area contributed by atoms with Gasteiger partial charge in [0.15, 0.2) is 0 Å². The molecular weight excluding hydrogens is 307 g/mol. The minimum Gasteiger partial charge on any atom is -0.369 e. The van der Waals surface area contributed by atoms with Gasteiger partial charge in [0.2, 0.25) is 5.95 Å². The van der Waals surface area contributed by atoms with Gasteiger partial charge in [-0.05, 0) is 32.0 Å². The Morgan fingerprint density at radius 3 is 2.48 bits per heavy atom. The molecule has 0 atom stereocenters. The van der Waals surface area contributed by atoms with Crippen LogP contribution in [-0.4, -0.2) is 23.1 Å². The van der Waals surface area contributed by atoms with E-state index >= 15 is 0 Å². The highest BCUT2D eigenvalue weighted by molar-refractivity contribution is 5.57. The molecule has 124 valence electrons. The number of alkyl halides is 3. The zero-order valence-corrected chi connectivity index (χ0v) is 12.6. The first kappa shape index (κ1) is 17.0. The average Bonchev–Trinajstić information content (AvgIpc) is 2.49. The Hall–Kier alpha value is -2.35. The van der Waals surface area contributed by atoms with Crippen LogP contribution in [0.5, 0.6) is 0 Å². The quantitative estimate of drug-likeness (QED) is 0.711. The Morgan fingerprint density at radius 2 is 1.87 bits per heavy atom. The van der Waals surface area contributed by atoms with Gasteiger partial charge in [0, 0.05) is 18.4 Å². The van der Waals surface area contributed by atoms with Crippen molar-refractivity contribution >= 4 is 17.5 Å². The zero-order valence-electron chi connectivity index (χ0n) is 12.6. The molecule has 1 aromatic carbocycles. The predicted octanol–water partition coefficient (Wildman–Crippen LogP) is 3.31. The van der Waals surface area contributed by atoms with Crippen LogP contribution in [0.1, 0.15) is 17.5 Å². The van der Waals surface area contributed by atoms with Gasteiger partial charge in [-0.25, -0.2) is 4.98 Å². The number of nitrogens with zero attached hydrogens (tertiary/aromatic N) is 2. The van der Waals surface area contributed by atoms with Crippen LogP contribution in [0.3, 0.4) is 0 Å². The van der Waals surface area contributed by atoms with Gasteiger partial charge in [0.1, 0.15) is 11.4 Å². The van der Waals surface area contributed by atoms with Gasteiger partial charge in [0.05, 0.1) is 0 Å². The van der Waals surface area contributed by atoms with Crippen LogP contribution < -0.4 is 16.4 Å². The summed E-state index contributed by atoms with van der Waals surface area (Å²) in [6.07, 6.45) is -3.20. The minimum atomic E-state index is -4.52. The van der Waals surface area contributed by atoms with Crippen LogP contribution >= 0.6 is 0 Å². The molecule has 1 aromatic heterocycles. The summed E-state index contributed by atoms with van der Waals surface area (Å²) in [5.41, 5.74) is 6.23. The number of aryl methyl sites for hydroxylation is 1. The fourth-order valence-electron chi connectivity index (χ4n) is 1.86. The summed E-state index contributed by atoms with van der Waals surface area (Å²) in [5.74, 6) is -0.160. The highest BCUT2D eigenvalue weighted by Crippen LogP contribution is 2.34. The molecule has 1 heterocycles. The van der Waals surface area contributed by atoms with E-state index in [4.69, 9.17) is 5.73 Å². The summed E-state index contributed by atoms with van der Waals surface area (Å²) < 4.78 is 39.0. The topological polar surface area (TPSA) is 75.9 Å². The number of benzene rings is 1. The molecular formula is C15H18F3N5. The molecule has 0 radical (unpaired) electrons. The monoisotopic (exact) mass is 325 g/mol. The van der Waals surface area contributed by atoms with Crippen molar-refractivity contribution in [3.63, 3.8) is 0 Å². The van der Waals surface area contributed by atoms with Gasteiger partial charge in [-0.15, -0.1) is 0 Å². The molecule has 0 aliphatic carbocycles. The summed E-state index contributed by atoms with van der Waals surface area (Å²) in [6.45, 7) is 2.63. The first-order chi connectivity index (χ1) is 10.9. The van der Waals surface area contributed by atoms with E-state index in [-0.39, 0.29) is 11.8 Å². The van der Waals surface area contributed by atoms with Crippen molar-refractivity contribution < 1.29 is 13.2 Å². The van der Waals surface area contributed by atoms with Crippen LogP contribution in [0.2, 0.25) is 0 Å². The molecule has 0 spiro atoms. The van der Waals surface area contributed by atoms with E-state index < -0.39 is 11.7 Å². The van der Waals surface area contributed by atoms with Gasteiger partial charge in [0.25, 0.3) is 0 Å². The second-order valence-corrected chi connectivity index (χ2v) is 5.01. The van der Waals surface area contributed by atoms with Crippen molar-refractivity contribution in [3.05, 3.63) is 41.6 Å². The van der Waals surface area contributed by atoms with Crippen LogP contribution in [0, 0.1) is 6.92 Å². The van der Waals surface area contributed by atoms with Crippen molar-refractivity contribution in [1.29, 1.82) is 0 Å². The molecule has 23 heavy (non-hydrogen) atoms. The molecule has 0 unspecified atom stereocenters. The van der Waals surface area contributed by atoms with E-state index in [1.165, 1.54) is 0 Å². The van der Waals surface area contributed by atoms with E-state index in [1.54, 1.807) is 12.1 Å². The molecule has 0 bridgehead atoms. The van der Waals surface area contributed by atoms with E-state index in [0.717, 1.165) is 11.8 Å². The molecule has 0 amide bonds. The van der Waals surface area contributed by atoms with E-state index in [1.807, 2.05) is 19.1 Å². The molecule has 0 fully saturated rings. The smallest absolute Gasteiger partial charge is 0.369 e. The highest BCUT2D eigenvalue weighted by atomic mass is 19.4. The molecule has 8 heteroatoms. The van der Waals surface area contributed by atoms with E-state index in [2.05, 4.69) is 20.6 Å². The molecule has 0 saturated carbocycles. The maximum Gasteiger partial charge on any atom is 0.421 e. The van der Waals surface area contributed by atoms with Gasteiger partial charge in [-0.3, -0.25) is 0 Å². The number of hydrogen-bond acceptors (Lipinski definition) is 5. The number of anilines is 3. The first-order valence-electron chi connectivity index (χ1n) is 7.12. The number of rotatable bonds is 6. The summed E-state index contributed by atoms with van der Waals surface area (Å²) >= 11 is 0. The lowest BCUT2D eigenvalue weighted by molar-refractivity contribution is -0.137. The van der Waals surface area contributed by atoms with Crippen molar-refractivity contribution in [2.45, 2.75) is 19.5 Å². The third-order valence-corrected chi connectivity index (χ3v) is 3.08. The summed E-state index contributed by atoms with van der Waals surface area (Å²) in [6, 6.07) is 7.37. The predicted molar refractivity (Wildman–Crippen MR) is 83.7 cm³/mol. The molecule has 2 rings (SSSR count). The van der Waals surface area contributed by atoms with Crippen LogP contribution in [0.25, 0.3) is 0 Å². The van der Waals surface area contributed by atoms with Crippen molar-refractivity contribution in [1.82, 2.24) is 9.97 Å². The number of hydrogen-bond donors (Lipinski definition) is 3. The second-order valence-electron chi connectivity index (χ2n) is 5.01. The average molecular weight is 325 g/mol. The molecule has 4 N–H and O–H groups in total. The van der Waals surface area contributed by atoms with Gasteiger partial charge >= 0.3 is 6.18 Å². The number of nitrogens with two attached hydrogens (primary N) is 1. The largest absolute Gasteiger partial charge is 0.421 e. The molecule has 2 aromatic rings. The van der Waals surface area contributed by atoms with Crippen LogP contribution in [0.4, 0.5) is 30.6 Å². The molecule has 5 nitrogen and oxygen atoms in total. The third kappa shape index (κ3) is 4.82. The van der Waals surface area contributed by atoms with E-state index in [0.29, 0.717) is 25.2 Å². The molecule has 0 aliphatic rings. The fraction of sp³-hybridized carbons (Fsp3) is 0.333. The Balaban J connectivity index is 2.23. The minimum absolute atomic E-state index is 0.0945. The maximum absolute atomic E-state index is 13.0. The molecule has 0 saturated heterocycles. The SMILES string of the molecule is Cc1ccc(Nc2ncc(C(F)(F)F)c(NCCCN)n2)cc1. The lowest BCUT2D eigenvalue weighted by Gasteiger charge is -2.14. The zero-order chi connectivity index (χ0) is 16.9. The fourth-order valence-corrected chi connectivity index (χ4v) is 1.86. The Kier molecular flexibility index (Phi) is 5.38. The number of aromatic nitrogens is 2. The number of nitrogens with one attached hydrogen (secondary N) is 2. The van der Waals surface area contributed by atoms with Crippen molar-refractivity contribution in [2.75, 3.05) is 23.7 Å². The lowest BCUT2D eigenvalue weighted by atomic mass is 10.2. The third-order valence-electron chi connectivity index (χ3n) is 3.08. The second kappa shape index (κ2) is 7.28. The normalized spacial score (nSPS) is 11.3. The molecule has 0 aliphatic heterocycles. The summed E-state index contributed by atoms with van der Waals surface area (Å²) in [4.78, 5) is 7.68. The van der Waals surface area contributed by atoms with Gasteiger partial charge < -0.3 is 16.4 Å². The van der Waals surface area contributed by atoms with Crippen LogP contribution in [-0.2, 0) is 6.18 Å². The van der Waals surface area contributed by atoms with Gasteiger partial charge in [-0.2, -0.15) is 18.2 Å². The van der Waals surface area contributed by atoms with Crippen LogP contribution in [0.15, 0.2) is 30.5 Å². The van der Waals surface area contributed by atoms with Gasteiger partial charge in [-0.1, -0.05) is 17.7 Å². The van der Waals surface area contributed by atoms with Crippen molar-refractivity contribution in [3.8, 4) is 0 Å². The summed E-state index contributed by atoms with van der Waals surface area (Å²) in [7, 11) is 0. The number of halogens is 3. The van der Waals surface area contributed by atoms with Crippen molar-refractivity contribution in [2.24, 2.45) is 5.73 Å². The highest BCUT2D eigenvalue weighted by Gasteiger charge is 2.35. The summed E-state index contributed by atoms with van der Waals surface area (Å²) in [5, 5.41) is 5.55. The maximum atomic E-state index is 13.0. The standard InChI is InChI=1S/C15H18F3N5/c1-10-3-5-11(6-4-10)22-14-21-9-12(15(16,17)18)13(23-14)20-8-2-7-19/h3-6,9H,2,7-8,19H2,1H3,(H2,20,21,22,23). The Bertz CT molecular complexity index is 641. The van der Waals surface area contributed by atoms with E-state index in [9.17, 15) is 13.2 Å². The Morgan fingerprint density at radius 1 is 1.17 bits per heavy atom. The lowest BCUT2D eigenvalue weighted by Crippen LogP contribution is -2.16. The first-order valence-corrected chi connectivity index (χ1v) is 7.12. The Labute approximate surface area is 132 Å².